The summed E-state index contributed by atoms with van der Waals surface area (Å²) in [5.41, 5.74) is 8.99. The summed E-state index contributed by atoms with van der Waals surface area (Å²) < 4.78 is 5.12. The molecule has 6 heteroatoms. The Labute approximate surface area is 147 Å². The summed E-state index contributed by atoms with van der Waals surface area (Å²) in [6.07, 6.45) is 0.575. The number of nitrogens with one attached hydrogen (secondary N) is 3. The summed E-state index contributed by atoms with van der Waals surface area (Å²) in [6, 6.07) is 12.6. The molecule has 2 atom stereocenters. The van der Waals surface area contributed by atoms with E-state index in [1.54, 1.807) is 13.2 Å². The van der Waals surface area contributed by atoms with Gasteiger partial charge in [-0.2, -0.15) is 0 Å². The van der Waals surface area contributed by atoms with Gasteiger partial charge in [0.25, 0.3) is 0 Å². The number of aryl methyl sites for hydroxylation is 1. The first-order valence-corrected chi connectivity index (χ1v) is 8.28. The highest BCUT2D eigenvalue weighted by atomic mass is 16.5. The Bertz CT molecular complexity index is 746. The first kappa shape index (κ1) is 17.3. The molecule has 4 N–H and O–H groups in total. The van der Waals surface area contributed by atoms with Gasteiger partial charge in [0, 0.05) is 12.1 Å². The third kappa shape index (κ3) is 4.10. The number of phenols is 1. The largest absolute Gasteiger partial charge is 0.508 e. The van der Waals surface area contributed by atoms with Crippen molar-refractivity contribution in [1.82, 2.24) is 16.2 Å². The van der Waals surface area contributed by atoms with E-state index in [2.05, 4.69) is 16.2 Å². The molecule has 6 nitrogen and oxygen atoms in total. The van der Waals surface area contributed by atoms with Crippen molar-refractivity contribution in [2.24, 2.45) is 0 Å². The summed E-state index contributed by atoms with van der Waals surface area (Å²) >= 11 is 0. The molecule has 132 valence electrons. The molecule has 0 bridgehead atoms. The molecule has 1 heterocycles. The number of hydrogen-bond acceptors (Lipinski definition) is 5. The Kier molecular flexibility index (Phi) is 5.21. The van der Waals surface area contributed by atoms with Crippen LogP contribution in [-0.2, 0) is 11.3 Å². The van der Waals surface area contributed by atoms with Gasteiger partial charge in [-0.25, -0.2) is 10.9 Å². The molecule has 2 aromatic rings. The summed E-state index contributed by atoms with van der Waals surface area (Å²) in [4.78, 5) is 12.4. The van der Waals surface area contributed by atoms with Gasteiger partial charge >= 0.3 is 0 Å². The van der Waals surface area contributed by atoms with Crippen LogP contribution in [0.25, 0.3) is 0 Å². The molecule has 1 amide bonds. The van der Waals surface area contributed by atoms with E-state index >= 15 is 0 Å². The lowest BCUT2D eigenvalue weighted by Gasteiger charge is -2.13. The van der Waals surface area contributed by atoms with Gasteiger partial charge in [-0.05, 0) is 37.1 Å². The Balaban J connectivity index is 1.56. The van der Waals surface area contributed by atoms with Gasteiger partial charge in [-0.15, -0.1) is 0 Å². The van der Waals surface area contributed by atoms with Crippen LogP contribution in [0.1, 0.15) is 29.2 Å². The Morgan fingerprint density at radius 2 is 2.00 bits per heavy atom. The lowest BCUT2D eigenvalue weighted by molar-refractivity contribution is -0.123. The van der Waals surface area contributed by atoms with Crippen LogP contribution in [0.2, 0.25) is 0 Å². The fourth-order valence-electron chi connectivity index (χ4n) is 2.94. The first-order chi connectivity index (χ1) is 12.1. The quantitative estimate of drug-likeness (QED) is 0.668. The van der Waals surface area contributed by atoms with Crippen molar-refractivity contribution < 1.29 is 14.6 Å². The Morgan fingerprint density at radius 1 is 1.24 bits per heavy atom. The van der Waals surface area contributed by atoms with Gasteiger partial charge in [0.15, 0.2) is 0 Å². The minimum atomic E-state index is -0.344. The monoisotopic (exact) mass is 341 g/mol. The number of hydrogen-bond donors (Lipinski definition) is 4. The van der Waals surface area contributed by atoms with Crippen LogP contribution >= 0.6 is 0 Å². The van der Waals surface area contributed by atoms with Gasteiger partial charge in [-0.3, -0.25) is 4.79 Å². The highest BCUT2D eigenvalue weighted by molar-refractivity contribution is 5.82. The summed E-state index contributed by atoms with van der Waals surface area (Å²) in [6.45, 7) is 2.44. The number of hydrazine groups is 1. The summed E-state index contributed by atoms with van der Waals surface area (Å²) in [7, 11) is 1.62. The zero-order valence-corrected chi connectivity index (χ0v) is 14.4. The predicted molar refractivity (Wildman–Crippen MR) is 95.1 cm³/mol. The number of carbonyl (C=O) groups excluding carboxylic acids is 1. The maximum absolute atomic E-state index is 12.4. The Morgan fingerprint density at radius 3 is 2.72 bits per heavy atom. The van der Waals surface area contributed by atoms with Crippen molar-refractivity contribution in [2.45, 2.75) is 32.0 Å². The van der Waals surface area contributed by atoms with Crippen molar-refractivity contribution in [3.63, 3.8) is 0 Å². The zero-order chi connectivity index (χ0) is 17.8. The van der Waals surface area contributed by atoms with Crippen LogP contribution < -0.4 is 20.9 Å². The summed E-state index contributed by atoms with van der Waals surface area (Å²) in [5, 5.41) is 13.0. The van der Waals surface area contributed by atoms with E-state index in [1.807, 2.05) is 43.3 Å². The molecule has 1 fully saturated rings. The van der Waals surface area contributed by atoms with Crippen LogP contribution in [0.15, 0.2) is 42.5 Å². The Hall–Kier alpha value is -2.57. The maximum atomic E-state index is 12.4. The second kappa shape index (κ2) is 7.55. The molecule has 25 heavy (non-hydrogen) atoms. The fourth-order valence-corrected chi connectivity index (χ4v) is 2.94. The third-order valence-corrected chi connectivity index (χ3v) is 4.40. The van der Waals surface area contributed by atoms with E-state index in [0.717, 1.165) is 22.4 Å². The molecule has 1 saturated heterocycles. The van der Waals surface area contributed by atoms with Gasteiger partial charge < -0.3 is 15.2 Å². The number of rotatable bonds is 5. The van der Waals surface area contributed by atoms with Crippen LogP contribution in [0, 0.1) is 6.92 Å². The lowest BCUT2D eigenvalue weighted by atomic mass is 9.99. The first-order valence-electron chi connectivity index (χ1n) is 8.28. The fraction of sp³-hybridized carbons (Fsp3) is 0.316. The topological polar surface area (TPSA) is 82.6 Å². The van der Waals surface area contributed by atoms with Gasteiger partial charge in [0.1, 0.15) is 17.5 Å². The van der Waals surface area contributed by atoms with E-state index in [9.17, 15) is 9.90 Å². The number of carbonyl (C=O) groups is 1. The highest BCUT2D eigenvalue weighted by Gasteiger charge is 2.31. The minimum Gasteiger partial charge on any atom is -0.508 e. The molecular weight excluding hydrogens is 318 g/mol. The molecule has 2 unspecified atom stereocenters. The van der Waals surface area contributed by atoms with E-state index in [1.165, 1.54) is 0 Å². The van der Waals surface area contributed by atoms with E-state index < -0.39 is 0 Å². The number of benzene rings is 2. The normalized spacial score (nSPS) is 19.6. The molecular formula is C19H23N3O3. The molecule has 0 radical (unpaired) electrons. The van der Waals surface area contributed by atoms with Crippen LogP contribution in [0.5, 0.6) is 11.5 Å². The zero-order valence-electron chi connectivity index (χ0n) is 14.4. The van der Waals surface area contributed by atoms with Crippen molar-refractivity contribution in [2.75, 3.05) is 7.11 Å². The number of ether oxygens (including phenoxy) is 1. The second-order valence-electron chi connectivity index (χ2n) is 6.26. The summed E-state index contributed by atoms with van der Waals surface area (Å²) in [5.74, 6) is 0.958. The number of methoxy groups -OCH3 is 1. The molecule has 1 aliphatic rings. The molecule has 3 rings (SSSR count). The number of amides is 1. The second-order valence-corrected chi connectivity index (χ2v) is 6.26. The standard InChI is InChI=1S/C19H23N3O3/c1-12-3-8-18(23)15(9-12)16-10-17(22-21-16)19(24)20-11-13-4-6-14(25-2)7-5-13/h3-9,16-17,21-23H,10-11H2,1-2H3,(H,20,24). The molecule has 0 aromatic heterocycles. The third-order valence-electron chi connectivity index (χ3n) is 4.40. The number of aromatic hydroxyl groups is 1. The van der Waals surface area contributed by atoms with E-state index in [-0.39, 0.29) is 23.7 Å². The molecule has 2 aromatic carbocycles. The van der Waals surface area contributed by atoms with Crippen LogP contribution in [0.4, 0.5) is 0 Å². The van der Waals surface area contributed by atoms with E-state index in [4.69, 9.17) is 4.74 Å². The maximum Gasteiger partial charge on any atom is 0.238 e. The van der Waals surface area contributed by atoms with Gasteiger partial charge in [-0.1, -0.05) is 29.8 Å². The molecule has 1 aliphatic heterocycles. The lowest BCUT2D eigenvalue weighted by Crippen LogP contribution is -2.42. The number of phenolic OH excluding ortho intramolecular Hbond substituents is 1. The van der Waals surface area contributed by atoms with Crippen LogP contribution in [0.3, 0.4) is 0 Å². The SMILES string of the molecule is COc1ccc(CNC(=O)C2CC(c3cc(C)ccc3O)NN2)cc1. The smallest absolute Gasteiger partial charge is 0.238 e. The molecule has 0 aliphatic carbocycles. The van der Waals surface area contributed by atoms with Crippen molar-refractivity contribution in [1.29, 1.82) is 0 Å². The minimum absolute atomic E-state index is 0.0713. The van der Waals surface area contributed by atoms with E-state index in [0.29, 0.717) is 13.0 Å². The molecule has 0 spiro atoms. The molecule has 0 saturated carbocycles. The van der Waals surface area contributed by atoms with Gasteiger partial charge in [0.05, 0.1) is 13.2 Å². The van der Waals surface area contributed by atoms with Crippen molar-refractivity contribution in [3.05, 3.63) is 59.2 Å². The van der Waals surface area contributed by atoms with Crippen LogP contribution in [-0.4, -0.2) is 24.2 Å². The average molecular weight is 341 g/mol. The van der Waals surface area contributed by atoms with Crippen molar-refractivity contribution in [3.8, 4) is 11.5 Å². The van der Waals surface area contributed by atoms with Crippen molar-refractivity contribution >= 4 is 5.91 Å². The predicted octanol–water partition coefficient (Wildman–Crippen LogP) is 1.93. The average Bonchev–Trinajstić information content (AvgIpc) is 3.12. The van der Waals surface area contributed by atoms with Gasteiger partial charge in [0.2, 0.25) is 5.91 Å². The highest BCUT2D eigenvalue weighted by Crippen LogP contribution is 2.30.